The maximum Gasteiger partial charge on any atom is 0.389 e. The molecule has 0 bridgehead atoms. The van der Waals surface area contributed by atoms with Crippen molar-refractivity contribution in [2.45, 2.75) is 45.2 Å². The van der Waals surface area contributed by atoms with Gasteiger partial charge in [0.2, 0.25) is 0 Å². The van der Waals surface area contributed by atoms with Crippen LogP contribution in [0.4, 0.5) is 13.2 Å². The van der Waals surface area contributed by atoms with Gasteiger partial charge in [0.15, 0.2) is 5.69 Å². The minimum absolute atomic E-state index is 0.0629. The van der Waals surface area contributed by atoms with Gasteiger partial charge in [-0.15, -0.1) is 0 Å². The Balaban J connectivity index is 0.00000102. The summed E-state index contributed by atoms with van der Waals surface area (Å²) in [5, 5.41) is 7.15. The maximum atomic E-state index is 13.2. The molecule has 1 aliphatic heterocycles. The third-order valence-electron chi connectivity index (χ3n) is 6.30. The summed E-state index contributed by atoms with van der Waals surface area (Å²) in [6.45, 7) is 3.22. The number of alkyl halides is 3. The molecule has 1 aromatic heterocycles. The zero-order chi connectivity index (χ0) is 33.6. The van der Waals surface area contributed by atoms with E-state index in [9.17, 15) is 34.8 Å². The Morgan fingerprint density at radius 1 is 1.04 bits per heavy atom. The zero-order valence-electron chi connectivity index (χ0n) is 24.1. The molecule has 0 atom stereocenters. The number of piperidine rings is 1. The number of benzene rings is 2. The van der Waals surface area contributed by atoms with Crippen LogP contribution in [0.1, 0.15) is 48.2 Å². The molecule has 0 spiro atoms. The molecule has 2 heterocycles. The standard InChI is InChI=1S/C26H27Cl2F3N4O4S.CH4O3S/c1-17-23(25(36)33-34-13-3-2-4-14-34)32-35(22-11-8-19(27)16-21(22)28)24(17)18-6-9-20(10-7-18)39-40(37,38)15-5-12-26(29,30)31;1-5(2,3)4/h6-11,16H,2-5,12-15H2,1H3,(H,33,36);1H3,(H,2,3,4). The van der Waals surface area contributed by atoms with Crippen LogP contribution in [0.3, 0.4) is 0 Å². The Kier molecular flexibility index (Phi) is 12.3. The molecule has 2 aromatic carbocycles. The van der Waals surface area contributed by atoms with Crippen LogP contribution >= 0.6 is 23.2 Å². The van der Waals surface area contributed by atoms with Crippen molar-refractivity contribution >= 4 is 49.3 Å². The van der Waals surface area contributed by atoms with Crippen molar-refractivity contribution in [1.29, 1.82) is 0 Å². The summed E-state index contributed by atoms with van der Waals surface area (Å²) >= 11 is 12.6. The predicted molar refractivity (Wildman–Crippen MR) is 164 cm³/mol. The number of amides is 1. The van der Waals surface area contributed by atoms with E-state index in [0.29, 0.717) is 38.8 Å². The SMILES string of the molecule is CS(=O)(=O)O.Cc1c(C(=O)NN2CCCCC2)nn(-c2ccc(Cl)cc2Cl)c1-c1ccc(OS(=O)(=O)CCCC(F)(F)F)cc1. The second-order valence-electron chi connectivity index (χ2n) is 10.1. The lowest BCUT2D eigenvalue weighted by molar-refractivity contribution is -0.134. The van der Waals surface area contributed by atoms with Gasteiger partial charge >= 0.3 is 16.3 Å². The van der Waals surface area contributed by atoms with Gasteiger partial charge in [-0.2, -0.15) is 35.1 Å². The third kappa shape index (κ3) is 11.8. The van der Waals surface area contributed by atoms with Gasteiger partial charge in [0.1, 0.15) is 5.75 Å². The number of nitrogens with zero attached hydrogens (tertiary/aromatic N) is 3. The largest absolute Gasteiger partial charge is 0.389 e. The normalized spacial score (nSPS) is 14.4. The number of hydrogen-bond donors (Lipinski definition) is 2. The minimum atomic E-state index is -4.45. The molecular weight excluding hydrogens is 684 g/mol. The average Bonchev–Trinajstić information content (AvgIpc) is 3.24. The molecule has 0 saturated carbocycles. The molecule has 11 nitrogen and oxygen atoms in total. The molecule has 0 aliphatic carbocycles. The topological polar surface area (TPSA) is 148 Å². The van der Waals surface area contributed by atoms with Crippen molar-refractivity contribution in [3.05, 3.63) is 63.8 Å². The van der Waals surface area contributed by atoms with E-state index < -0.39 is 45.0 Å². The lowest BCUT2D eigenvalue weighted by Crippen LogP contribution is -2.45. The van der Waals surface area contributed by atoms with Gasteiger partial charge in [-0.25, -0.2) is 9.69 Å². The average molecular weight is 716 g/mol. The van der Waals surface area contributed by atoms with Gasteiger partial charge < -0.3 is 4.18 Å². The first-order valence-electron chi connectivity index (χ1n) is 13.5. The Hall–Kier alpha value is -2.89. The molecule has 1 fully saturated rings. The van der Waals surface area contributed by atoms with E-state index in [-0.39, 0.29) is 17.4 Å². The Labute approximate surface area is 269 Å². The maximum absolute atomic E-state index is 13.2. The number of carbonyl (C=O) groups excluding carboxylic acids is 1. The van der Waals surface area contributed by atoms with E-state index in [2.05, 4.69) is 10.5 Å². The van der Waals surface area contributed by atoms with Crippen molar-refractivity contribution in [1.82, 2.24) is 20.2 Å². The fraction of sp³-hybridized carbons (Fsp3) is 0.407. The zero-order valence-corrected chi connectivity index (χ0v) is 27.3. The molecule has 45 heavy (non-hydrogen) atoms. The van der Waals surface area contributed by atoms with Crippen LogP contribution < -0.4 is 9.61 Å². The van der Waals surface area contributed by atoms with E-state index in [0.717, 1.165) is 32.4 Å². The van der Waals surface area contributed by atoms with Gasteiger partial charge in [0.25, 0.3) is 16.0 Å². The summed E-state index contributed by atoms with van der Waals surface area (Å²) in [5.74, 6) is -1.22. The van der Waals surface area contributed by atoms with Crippen molar-refractivity contribution in [3.8, 4) is 22.7 Å². The minimum Gasteiger partial charge on any atom is -0.382 e. The Morgan fingerprint density at radius 2 is 1.64 bits per heavy atom. The Bertz CT molecular complexity index is 1700. The molecule has 248 valence electrons. The number of hydrogen-bond acceptors (Lipinski definition) is 8. The molecule has 0 unspecified atom stereocenters. The highest BCUT2D eigenvalue weighted by Crippen LogP contribution is 2.34. The van der Waals surface area contributed by atoms with Crippen LogP contribution in [-0.4, -0.2) is 73.4 Å². The van der Waals surface area contributed by atoms with Crippen molar-refractivity contribution in [2.75, 3.05) is 25.1 Å². The van der Waals surface area contributed by atoms with Gasteiger partial charge in [-0.3, -0.25) is 14.8 Å². The molecule has 4 rings (SSSR count). The summed E-state index contributed by atoms with van der Waals surface area (Å²) in [6.07, 6.45) is -2.50. The summed E-state index contributed by atoms with van der Waals surface area (Å²) in [4.78, 5) is 13.2. The molecular formula is C27H31Cl2F3N4O7S2. The molecule has 1 aliphatic rings. The number of rotatable bonds is 9. The molecule has 18 heteroatoms. The number of carbonyl (C=O) groups is 1. The van der Waals surface area contributed by atoms with Crippen LogP contribution in [0.5, 0.6) is 5.75 Å². The summed E-state index contributed by atoms with van der Waals surface area (Å²) in [5.41, 5.74) is 5.19. The number of aromatic nitrogens is 2. The first-order chi connectivity index (χ1) is 20.8. The van der Waals surface area contributed by atoms with Crippen LogP contribution in [-0.2, 0) is 20.2 Å². The van der Waals surface area contributed by atoms with E-state index in [1.807, 2.05) is 5.01 Å². The fourth-order valence-corrected chi connectivity index (χ4v) is 5.86. The summed E-state index contributed by atoms with van der Waals surface area (Å²) < 4.78 is 93.8. The molecule has 3 aromatic rings. The lowest BCUT2D eigenvalue weighted by atomic mass is 10.1. The number of nitrogens with one attached hydrogen (secondary N) is 1. The van der Waals surface area contributed by atoms with Crippen molar-refractivity contribution in [3.63, 3.8) is 0 Å². The highest BCUT2D eigenvalue weighted by molar-refractivity contribution is 7.87. The highest BCUT2D eigenvalue weighted by Gasteiger charge is 2.28. The first kappa shape index (κ1) is 36.6. The van der Waals surface area contributed by atoms with Crippen LogP contribution in [0.15, 0.2) is 42.5 Å². The van der Waals surface area contributed by atoms with Crippen LogP contribution in [0.25, 0.3) is 16.9 Å². The highest BCUT2D eigenvalue weighted by atomic mass is 35.5. The third-order valence-corrected chi connectivity index (χ3v) is 8.07. The smallest absolute Gasteiger partial charge is 0.382 e. The van der Waals surface area contributed by atoms with E-state index in [1.165, 1.54) is 16.8 Å². The van der Waals surface area contributed by atoms with Gasteiger partial charge in [0, 0.05) is 35.7 Å². The first-order valence-corrected chi connectivity index (χ1v) is 17.6. The summed E-state index contributed by atoms with van der Waals surface area (Å²) in [6, 6.07) is 10.7. The van der Waals surface area contributed by atoms with Gasteiger partial charge in [-0.05, 0) is 68.7 Å². The predicted octanol–water partition coefficient (Wildman–Crippen LogP) is 5.84. The number of hydrazine groups is 1. The molecule has 0 radical (unpaired) electrons. The van der Waals surface area contributed by atoms with Crippen molar-refractivity contribution in [2.24, 2.45) is 0 Å². The monoisotopic (exact) mass is 714 g/mol. The lowest BCUT2D eigenvalue weighted by Gasteiger charge is -2.26. The fourth-order valence-electron chi connectivity index (χ4n) is 4.39. The second-order valence-corrected chi connectivity index (χ2v) is 14.1. The number of halogens is 5. The molecule has 1 saturated heterocycles. The quantitative estimate of drug-likeness (QED) is 0.206. The molecule has 2 N–H and O–H groups in total. The van der Waals surface area contributed by atoms with Crippen molar-refractivity contribution < 1.29 is 43.5 Å². The van der Waals surface area contributed by atoms with Crippen LogP contribution in [0.2, 0.25) is 10.0 Å². The Morgan fingerprint density at radius 3 is 2.20 bits per heavy atom. The molecule has 1 amide bonds. The summed E-state index contributed by atoms with van der Waals surface area (Å²) in [7, 11) is -7.90. The van der Waals surface area contributed by atoms with Gasteiger partial charge in [-0.1, -0.05) is 29.6 Å². The van der Waals surface area contributed by atoms with E-state index in [1.54, 1.807) is 37.3 Å². The second kappa shape index (κ2) is 15.1. The van der Waals surface area contributed by atoms with Gasteiger partial charge in [0.05, 0.1) is 28.4 Å². The van der Waals surface area contributed by atoms with Crippen LogP contribution in [0, 0.1) is 6.92 Å². The van der Waals surface area contributed by atoms with E-state index in [4.69, 9.17) is 31.9 Å². The van der Waals surface area contributed by atoms with E-state index >= 15 is 0 Å².